The highest BCUT2D eigenvalue weighted by Gasteiger charge is 2.25. The minimum Gasteiger partial charge on any atom is -0.385 e. The minimum absolute atomic E-state index is 0.0646. The average molecular weight is 273 g/mol. The van der Waals surface area contributed by atoms with Gasteiger partial charge in [0.15, 0.2) is 0 Å². The van der Waals surface area contributed by atoms with Gasteiger partial charge in [0.1, 0.15) is 0 Å². The predicted octanol–water partition coefficient (Wildman–Crippen LogP) is 1.87. The minimum atomic E-state index is 0.0646. The van der Waals surface area contributed by atoms with E-state index in [1.165, 1.54) is 18.4 Å². The van der Waals surface area contributed by atoms with Crippen molar-refractivity contribution in [3.8, 4) is 0 Å². The van der Waals surface area contributed by atoms with Gasteiger partial charge in [0.25, 0.3) is 5.91 Å². The van der Waals surface area contributed by atoms with Gasteiger partial charge in [-0.3, -0.25) is 4.79 Å². The number of amides is 1. The lowest BCUT2D eigenvalue weighted by atomic mass is 9.97. The van der Waals surface area contributed by atoms with E-state index in [2.05, 4.69) is 28.6 Å². The molecule has 1 aromatic rings. The Kier molecular flexibility index (Phi) is 3.92. The molecule has 0 bridgehead atoms. The Bertz CT molecular complexity index is 496. The van der Waals surface area contributed by atoms with Gasteiger partial charge in [-0.2, -0.15) is 0 Å². The lowest BCUT2D eigenvalue weighted by molar-refractivity contribution is 0.0948. The maximum absolute atomic E-state index is 12.3. The van der Waals surface area contributed by atoms with Crippen LogP contribution < -0.4 is 10.6 Å². The number of nitrogens with one attached hydrogen (secondary N) is 2. The van der Waals surface area contributed by atoms with Crippen LogP contribution in [0, 0.1) is 0 Å². The number of carbonyl (C=O) groups is 1. The quantitative estimate of drug-likeness (QED) is 0.861. The third kappa shape index (κ3) is 2.96. The molecule has 1 amide bonds. The molecule has 108 valence electrons. The molecule has 1 saturated carbocycles. The van der Waals surface area contributed by atoms with E-state index >= 15 is 0 Å². The number of carbonyl (C=O) groups excluding carboxylic acids is 1. The van der Waals surface area contributed by atoms with Crippen LogP contribution in [0.2, 0.25) is 0 Å². The molecule has 4 heteroatoms. The number of hydrogen-bond donors (Lipinski definition) is 2. The average Bonchev–Trinajstić information content (AvgIpc) is 3.31. The summed E-state index contributed by atoms with van der Waals surface area (Å²) in [6.45, 7) is 2.66. The molecule has 1 aliphatic carbocycles. The fourth-order valence-corrected chi connectivity index (χ4v) is 2.86. The molecule has 1 aromatic carbocycles. The smallest absolute Gasteiger partial charge is 0.251 e. The summed E-state index contributed by atoms with van der Waals surface area (Å²) in [5, 5.41) is 6.42. The van der Waals surface area contributed by atoms with Gasteiger partial charge in [-0.25, -0.2) is 0 Å². The van der Waals surface area contributed by atoms with Crippen LogP contribution in [0.25, 0.3) is 0 Å². The highest BCUT2D eigenvalue weighted by molar-refractivity contribution is 5.97. The van der Waals surface area contributed by atoms with E-state index in [9.17, 15) is 4.79 Å². The number of hydrogen-bond acceptors (Lipinski definition) is 3. The van der Waals surface area contributed by atoms with Gasteiger partial charge in [-0.05, 0) is 50.4 Å². The van der Waals surface area contributed by atoms with Crippen LogP contribution in [0.5, 0.6) is 0 Å². The van der Waals surface area contributed by atoms with Crippen LogP contribution in [0.1, 0.15) is 35.2 Å². The highest BCUT2D eigenvalue weighted by atomic mass is 16.1. The van der Waals surface area contributed by atoms with Crippen molar-refractivity contribution in [2.24, 2.45) is 0 Å². The third-order valence-electron chi connectivity index (χ3n) is 4.26. The Balaban J connectivity index is 1.59. The second-order valence-corrected chi connectivity index (χ2v) is 5.83. The Hall–Kier alpha value is -1.55. The summed E-state index contributed by atoms with van der Waals surface area (Å²) in [7, 11) is 2.14. The molecule has 1 fully saturated rings. The molecule has 2 aliphatic rings. The standard InChI is InChI=1S/C16H23N3O/c1-19(12-7-8-12)11-10-18-16(20)14-4-2-6-15-13(14)5-3-9-17-15/h2,4,6,12,17H,3,5,7-11H2,1H3,(H,18,20). The topological polar surface area (TPSA) is 44.4 Å². The molecule has 0 unspecified atom stereocenters. The van der Waals surface area contributed by atoms with E-state index in [-0.39, 0.29) is 5.91 Å². The van der Waals surface area contributed by atoms with Gasteiger partial charge >= 0.3 is 0 Å². The third-order valence-corrected chi connectivity index (χ3v) is 4.26. The zero-order valence-electron chi connectivity index (χ0n) is 12.1. The first-order valence-corrected chi connectivity index (χ1v) is 7.60. The Labute approximate surface area is 120 Å². The number of likely N-dealkylation sites (N-methyl/N-ethyl adjacent to an activating group) is 1. The normalized spacial score (nSPS) is 17.5. The molecular weight excluding hydrogens is 250 g/mol. The predicted molar refractivity (Wildman–Crippen MR) is 81.2 cm³/mol. The summed E-state index contributed by atoms with van der Waals surface area (Å²) in [6, 6.07) is 6.71. The summed E-state index contributed by atoms with van der Waals surface area (Å²) >= 11 is 0. The number of anilines is 1. The number of benzene rings is 1. The second-order valence-electron chi connectivity index (χ2n) is 5.83. The lowest BCUT2D eigenvalue weighted by Gasteiger charge is -2.21. The van der Waals surface area contributed by atoms with Gasteiger partial charge in [-0.15, -0.1) is 0 Å². The monoisotopic (exact) mass is 273 g/mol. The second kappa shape index (κ2) is 5.83. The van der Waals surface area contributed by atoms with Gasteiger partial charge in [0.2, 0.25) is 0 Å². The molecule has 1 heterocycles. The molecule has 0 spiro atoms. The van der Waals surface area contributed by atoms with Crippen LogP contribution in [0.4, 0.5) is 5.69 Å². The van der Waals surface area contributed by atoms with Crippen LogP contribution >= 0.6 is 0 Å². The Morgan fingerprint density at radius 3 is 3.10 bits per heavy atom. The fourth-order valence-electron chi connectivity index (χ4n) is 2.86. The summed E-state index contributed by atoms with van der Waals surface area (Å²) in [5.74, 6) is 0.0646. The van der Waals surface area contributed by atoms with Crippen LogP contribution in [0.3, 0.4) is 0 Å². The van der Waals surface area contributed by atoms with Gasteiger partial charge < -0.3 is 15.5 Å². The van der Waals surface area contributed by atoms with Crippen LogP contribution in [-0.2, 0) is 6.42 Å². The fraction of sp³-hybridized carbons (Fsp3) is 0.562. The van der Waals surface area contributed by atoms with Crippen molar-refractivity contribution in [1.29, 1.82) is 0 Å². The number of fused-ring (bicyclic) bond motifs is 1. The van der Waals surface area contributed by atoms with Crippen molar-refractivity contribution in [3.63, 3.8) is 0 Å². The lowest BCUT2D eigenvalue weighted by Crippen LogP contribution is -2.34. The summed E-state index contributed by atoms with van der Waals surface area (Å²) in [5.41, 5.74) is 3.13. The van der Waals surface area contributed by atoms with E-state index < -0.39 is 0 Å². The van der Waals surface area contributed by atoms with Crippen molar-refractivity contribution in [2.75, 3.05) is 32.0 Å². The van der Waals surface area contributed by atoms with Crippen molar-refractivity contribution < 1.29 is 4.79 Å². The first-order valence-electron chi connectivity index (χ1n) is 7.60. The molecule has 0 saturated heterocycles. The van der Waals surface area contributed by atoms with E-state index in [0.717, 1.165) is 49.8 Å². The molecule has 4 nitrogen and oxygen atoms in total. The van der Waals surface area contributed by atoms with Gasteiger partial charge in [0.05, 0.1) is 0 Å². The van der Waals surface area contributed by atoms with E-state index in [1.807, 2.05) is 12.1 Å². The SMILES string of the molecule is CN(CCNC(=O)c1cccc2c1CCCN2)C1CC1. The van der Waals surface area contributed by atoms with E-state index in [1.54, 1.807) is 0 Å². The molecule has 1 aliphatic heterocycles. The maximum atomic E-state index is 12.3. The van der Waals surface area contributed by atoms with Gasteiger partial charge in [-0.1, -0.05) is 6.07 Å². The van der Waals surface area contributed by atoms with E-state index in [4.69, 9.17) is 0 Å². The van der Waals surface area contributed by atoms with Crippen LogP contribution in [0.15, 0.2) is 18.2 Å². The molecule has 0 radical (unpaired) electrons. The highest BCUT2D eigenvalue weighted by Crippen LogP contribution is 2.26. The molecule has 2 N–H and O–H groups in total. The molecule has 3 rings (SSSR count). The first kappa shape index (κ1) is 13.4. The van der Waals surface area contributed by atoms with Crippen LogP contribution in [-0.4, -0.2) is 43.5 Å². The zero-order chi connectivity index (χ0) is 13.9. The number of nitrogens with zero attached hydrogens (tertiary/aromatic N) is 1. The summed E-state index contributed by atoms with van der Waals surface area (Å²) in [4.78, 5) is 14.7. The summed E-state index contributed by atoms with van der Waals surface area (Å²) in [6.07, 6.45) is 4.71. The molecule has 0 atom stereocenters. The summed E-state index contributed by atoms with van der Waals surface area (Å²) < 4.78 is 0. The van der Waals surface area contributed by atoms with E-state index in [0.29, 0.717) is 0 Å². The van der Waals surface area contributed by atoms with Crippen molar-refractivity contribution in [2.45, 2.75) is 31.7 Å². The maximum Gasteiger partial charge on any atom is 0.251 e. The molecular formula is C16H23N3O. The van der Waals surface area contributed by atoms with Gasteiger partial charge in [0, 0.05) is 36.9 Å². The molecule has 0 aromatic heterocycles. The van der Waals surface area contributed by atoms with Crippen molar-refractivity contribution >= 4 is 11.6 Å². The molecule has 20 heavy (non-hydrogen) atoms. The van der Waals surface area contributed by atoms with Crippen molar-refractivity contribution in [3.05, 3.63) is 29.3 Å². The van der Waals surface area contributed by atoms with Crippen molar-refractivity contribution in [1.82, 2.24) is 10.2 Å². The Morgan fingerprint density at radius 1 is 1.45 bits per heavy atom. The Morgan fingerprint density at radius 2 is 2.30 bits per heavy atom. The number of rotatable bonds is 5. The first-order chi connectivity index (χ1) is 9.75. The largest absolute Gasteiger partial charge is 0.385 e. The zero-order valence-corrected chi connectivity index (χ0v) is 12.1.